The molecule has 2 amide bonds. The number of anilines is 1. The monoisotopic (exact) mass is 414 g/mol. The topological polar surface area (TPSA) is 76.5 Å². The van der Waals surface area contributed by atoms with Crippen LogP contribution in [0, 0.1) is 0 Å². The maximum Gasteiger partial charge on any atom is 0.322 e. The molecule has 3 aromatic rings. The Morgan fingerprint density at radius 2 is 2.03 bits per heavy atom. The quantitative estimate of drug-likeness (QED) is 0.678. The number of rotatable bonds is 5. The number of nitrogens with one attached hydrogen (secondary N) is 1. The summed E-state index contributed by atoms with van der Waals surface area (Å²) in [5.41, 5.74) is 0.904. The van der Waals surface area contributed by atoms with Crippen molar-refractivity contribution < 1.29 is 9.53 Å². The molecule has 152 valence electrons. The number of carbonyl (C=O) groups excluding carboxylic acids is 1. The number of benzene rings is 2. The van der Waals surface area contributed by atoms with Crippen molar-refractivity contribution >= 4 is 34.2 Å². The third kappa shape index (κ3) is 4.05. The lowest BCUT2D eigenvalue weighted by atomic mass is 10.2. The van der Waals surface area contributed by atoms with Gasteiger partial charge in [0.2, 0.25) is 0 Å². The van der Waals surface area contributed by atoms with E-state index in [1.807, 2.05) is 26.0 Å². The normalized spacial score (nSPS) is 11.9. The van der Waals surface area contributed by atoms with Crippen LogP contribution in [0.25, 0.3) is 10.9 Å². The van der Waals surface area contributed by atoms with Crippen molar-refractivity contribution in [2.75, 3.05) is 19.0 Å². The largest absolute Gasteiger partial charge is 0.495 e. The van der Waals surface area contributed by atoms with E-state index in [1.54, 1.807) is 49.4 Å². The summed E-state index contributed by atoms with van der Waals surface area (Å²) < 4.78 is 6.76. The molecule has 1 unspecified atom stereocenters. The van der Waals surface area contributed by atoms with E-state index in [2.05, 4.69) is 10.3 Å². The molecule has 0 saturated heterocycles. The molecule has 7 nitrogen and oxygen atoms in total. The predicted octanol–water partition coefficient (Wildman–Crippen LogP) is 4.21. The van der Waals surface area contributed by atoms with Gasteiger partial charge in [0.25, 0.3) is 5.56 Å². The molecule has 1 heterocycles. The number of methoxy groups -OCH3 is 1. The van der Waals surface area contributed by atoms with Crippen molar-refractivity contribution in [3.63, 3.8) is 0 Å². The van der Waals surface area contributed by atoms with Gasteiger partial charge in [-0.05, 0) is 44.2 Å². The SMILES string of the molecule is CCN(C(=O)Nc1ccccc1OC)C(C)c1nc2ccc(Cl)cc2c(=O)n1C. The maximum absolute atomic E-state index is 13.0. The minimum absolute atomic E-state index is 0.208. The Morgan fingerprint density at radius 1 is 1.31 bits per heavy atom. The Bertz CT molecular complexity index is 1110. The number of fused-ring (bicyclic) bond motifs is 1. The van der Waals surface area contributed by atoms with Gasteiger partial charge in [-0.1, -0.05) is 23.7 Å². The van der Waals surface area contributed by atoms with Crippen LogP contribution in [0.3, 0.4) is 0 Å². The van der Waals surface area contributed by atoms with Crippen molar-refractivity contribution in [2.45, 2.75) is 19.9 Å². The fourth-order valence-electron chi connectivity index (χ4n) is 3.30. The molecule has 1 aromatic heterocycles. The molecule has 29 heavy (non-hydrogen) atoms. The average Bonchev–Trinajstić information content (AvgIpc) is 2.71. The summed E-state index contributed by atoms with van der Waals surface area (Å²) in [5, 5.41) is 3.79. The van der Waals surface area contributed by atoms with Crippen LogP contribution in [0.1, 0.15) is 25.7 Å². The first kappa shape index (κ1) is 20.7. The van der Waals surface area contributed by atoms with Gasteiger partial charge in [0.1, 0.15) is 11.6 Å². The minimum Gasteiger partial charge on any atom is -0.495 e. The van der Waals surface area contributed by atoms with Crippen LogP contribution in [0.5, 0.6) is 5.75 Å². The highest BCUT2D eigenvalue weighted by Crippen LogP contribution is 2.26. The van der Waals surface area contributed by atoms with Crippen molar-refractivity contribution in [3.05, 3.63) is 63.7 Å². The third-order valence-electron chi connectivity index (χ3n) is 4.86. The van der Waals surface area contributed by atoms with Crippen molar-refractivity contribution in [2.24, 2.45) is 7.05 Å². The Balaban J connectivity index is 1.96. The molecule has 0 aliphatic carbocycles. The summed E-state index contributed by atoms with van der Waals surface area (Å²) in [4.78, 5) is 32.0. The smallest absolute Gasteiger partial charge is 0.322 e. The zero-order chi connectivity index (χ0) is 21.1. The lowest BCUT2D eigenvalue weighted by molar-refractivity contribution is 0.192. The number of nitrogens with zero attached hydrogens (tertiary/aromatic N) is 3. The van der Waals surface area contributed by atoms with Gasteiger partial charge in [0.05, 0.1) is 29.7 Å². The zero-order valence-electron chi connectivity index (χ0n) is 16.8. The van der Waals surface area contributed by atoms with Crippen molar-refractivity contribution in [1.29, 1.82) is 0 Å². The van der Waals surface area contributed by atoms with Crippen LogP contribution in [-0.2, 0) is 7.05 Å². The van der Waals surface area contributed by atoms with Crippen LogP contribution in [0.2, 0.25) is 5.02 Å². The van der Waals surface area contributed by atoms with E-state index in [1.165, 1.54) is 4.57 Å². The van der Waals surface area contributed by atoms with Crippen molar-refractivity contribution in [1.82, 2.24) is 14.5 Å². The molecular weight excluding hydrogens is 392 g/mol. The molecule has 8 heteroatoms. The van der Waals surface area contributed by atoms with Crippen LogP contribution >= 0.6 is 11.6 Å². The lowest BCUT2D eigenvalue weighted by Crippen LogP contribution is -2.39. The van der Waals surface area contributed by atoms with E-state index in [9.17, 15) is 9.59 Å². The van der Waals surface area contributed by atoms with E-state index >= 15 is 0 Å². The van der Waals surface area contributed by atoms with Gasteiger partial charge < -0.3 is 15.0 Å². The Hall–Kier alpha value is -3.06. The molecule has 0 bridgehead atoms. The van der Waals surface area contributed by atoms with E-state index in [4.69, 9.17) is 16.3 Å². The lowest BCUT2D eigenvalue weighted by Gasteiger charge is -2.29. The molecule has 0 spiro atoms. The van der Waals surface area contributed by atoms with Gasteiger partial charge in [-0.15, -0.1) is 0 Å². The zero-order valence-corrected chi connectivity index (χ0v) is 17.5. The Kier molecular flexibility index (Phi) is 6.08. The highest BCUT2D eigenvalue weighted by atomic mass is 35.5. The van der Waals surface area contributed by atoms with Gasteiger partial charge in [-0.2, -0.15) is 0 Å². The first-order valence-corrected chi connectivity index (χ1v) is 9.62. The molecule has 3 rings (SSSR count). The predicted molar refractivity (Wildman–Crippen MR) is 115 cm³/mol. The average molecular weight is 415 g/mol. The van der Waals surface area contributed by atoms with Crippen LogP contribution < -0.4 is 15.6 Å². The molecular formula is C21H23ClN4O3. The highest BCUT2D eigenvalue weighted by molar-refractivity contribution is 6.31. The number of aromatic nitrogens is 2. The maximum atomic E-state index is 13.0. The molecule has 0 radical (unpaired) electrons. The van der Waals surface area contributed by atoms with Gasteiger partial charge >= 0.3 is 6.03 Å². The number of hydrogen-bond donors (Lipinski definition) is 1. The first-order valence-electron chi connectivity index (χ1n) is 9.24. The second-order valence-electron chi connectivity index (χ2n) is 6.59. The summed E-state index contributed by atoms with van der Waals surface area (Å²) in [6.07, 6.45) is 0. The van der Waals surface area contributed by atoms with Crippen LogP contribution in [0.4, 0.5) is 10.5 Å². The van der Waals surface area contributed by atoms with E-state index in [-0.39, 0.29) is 11.6 Å². The summed E-state index contributed by atoms with van der Waals surface area (Å²) in [6.45, 7) is 4.14. The van der Waals surface area contributed by atoms with Gasteiger partial charge in [0.15, 0.2) is 0 Å². The molecule has 2 aromatic carbocycles. The number of urea groups is 1. The summed E-state index contributed by atoms with van der Waals surface area (Å²) in [5.74, 6) is 1.06. The first-order chi connectivity index (χ1) is 13.9. The number of amides is 2. The summed E-state index contributed by atoms with van der Waals surface area (Å²) >= 11 is 6.01. The summed E-state index contributed by atoms with van der Waals surface area (Å²) in [7, 11) is 3.19. The number of hydrogen-bond acceptors (Lipinski definition) is 4. The fourth-order valence-corrected chi connectivity index (χ4v) is 3.47. The van der Waals surface area contributed by atoms with Gasteiger partial charge in [-0.3, -0.25) is 9.36 Å². The van der Waals surface area contributed by atoms with Crippen LogP contribution in [-0.4, -0.2) is 34.1 Å². The number of para-hydroxylation sites is 2. The van der Waals surface area contributed by atoms with Gasteiger partial charge in [-0.25, -0.2) is 9.78 Å². The number of ether oxygens (including phenoxy) is 1. The molecule has 0 saturated carbocycles. The standard InChI is InChI=1S/C21H23ClN4O3/c1-5-26(21(28)24-17-8-6-7-9-18(17)29-4)13(2)19-23-16-11-10-14(22)12-15(16)20(27)25(19)3/h6-13H,5H2,1-4H3,(H,24,28). The number of carbonyl (C=O) groups is 1. The third-order valence-corrected chi connectivity index (χ3v) is 5.10. The van der Waals surface area contributed by atoms with Gasteiger partial charge in [0, 0.05) is 18.6 Å². The molecule has 0 aliphatic rings. The summed E-state index contributed by atoms with van der Waals surface area (Å²) in [6, 6.07) is 11.4. The Morgan fingerprint density at radius 3 is 2.72 bits per heavy atom. The molecule has 1 N–H and O–H groups in total. The second-order valence-corrected chi connectivity index (χ2v) is 7.02. The Labute approximate surface area is 173 Å². The second kappa shape index (κ2) is 8.53. The van der Waals surface area contributed by atoms with E-state index in [0.29, 0.717) is 39.7 Å². The van der Waals surface area contributed by atoms with Crippen molar-refractivity contribution in [3.8, 4) is 5.75 Å². The fraction of sp³-hybridized carbons (Fsp3) is 0.286. The minimum atomic E-state index is -0.438. The highest BCUT2D eigenvalue weighted by Gasteiger charge is 2.25. The molecule has 0 fully saturated rings. The molecule has 1 atom stereocenters. The molecule has 0 aliphatic heterocycles. The van der Waals surface area contributed by atoms with Crippen LogP contribution in [0.15, 0.2) is 47.3 Å². The van der Waals surface area contributed by atoms with E-state index in [0.717, 1.165) is 0 Å². The number of halogens is 1. The van der Waals surface area contributed by atoms with E-state index < -0.39 is 6.04 Å².